The van der Waals surface area contributed by atoms with Gasteiger partial charge in [-0.1, -0.05) is 30.3 Å². The Balaban J connectivity index is 1.77. The highest BCUT2D eigenvalue weighted by Gasteiger charge is 2.32. The molecule has 0 spiro atoms. The molecule has 132 valence electrons. The van der Waals surface area contributed by atoms with Gasteiger partial charge in [0.2, 0.25) is 11.2 Å². The zero-order chi connectivity index (χ0) is 18.3. The van der Waals surface area contributed by atoms with Gasteiger partial charge in [0.25, 0.3) is 5.91 Å². The number of benzene rings is 2. The Morgan fingerprint density at radius 3 is 2.65 bits per heavy atom. The lowest BCUT2D eigenvalue weighted by Crippen LogP contribution is -2.23. The number of anilines is 1. The smallest absolute Gasteiger partial charge is 0.253 e. The van der Waals surface area contributed by atoms with Crippen molar-refractivity contribution in [3.05, 3.63) is 54.3 Å². The SMILES string of the molecule is O=C1CN(c2c(O)ccc(-c3cc(-c4ccccc4)n[nH]3)c2F)S(=O)N1. The number of H-pyrrole nitrogens is 1. The topological polar surface area (TPSA) is 98.3 Å². The number of phenols is 1. The van der Waals surface area contributed by atoms with E-state index < -0.39 is 28.6 Å². The Kier molecular flexibility index (Phi) is 3.92. The number of carbonyl (C=O) groups excluding carboxylic acids is 1. The Morgan fingerprint density at radius 2 is 1.96 bits per heavy atom. The van der Waals surface area contributed by atoms with Gasteiger partial charge >= 0.3 is 0 Å². The van der Waals surface area contributed by atoms with E-state index in [1.54, 1.807) is 6.07 Å². The van der Waals surface area contributed by atoms with E-state index in [0.717, 1.165) is 9.87 Å². The Morgan fingerprint density at radius 1 is 1.19 bits per heavy atom. The predicted molar refractivity (Wildman–Crippen MR) is 94.7 cm³/mol. The van der Waals surface area contributed by atoms with Crippen LogP contribution in [-0.2, 0) is 16.0 Å². The van der Waals surface area contributed by atoms with Crippen molar-refractivity contribution >= 4 is 22.8 Å². The maximum Gasteiger partial charge on any atom is 0.253 e. The molecule has 1 aliphatic rings. The van der Waals surface area contributed by atoms with Gasteiger partial charge in [-0.2, -0.15) is 5.10 Å². The van der Waals surface area contributed by atoms with Gasteiger partial charge in [-0.3, -0.25) is 18.9 Å². The molecule has 2 heterocycles. The molecule has 0 aliphatic carbocycles. The molecule has 0 saturated carbocycles. The number of aromatic hydroxyl groups is 1. The highest BCUT2D eigenvalue weighted by Crippen LogP contribution is 2.38. The van der Waals surface area contributed by atoms with Gasteiger partial charge in [-0.05, 0) is 18.2 Å². The normalized spacial score (nSPS) is 16.7. The van der Waals surface area contributed by atoms with Crippen molar-refractivity contribution in [3.8, 4) is 28.3 Å². The summed E-state index contributed by atoms with van der Waals surface area (Å²) in [5.74, 6) is -1.71. The zero-order valence-electron chi connectivity index (χ0n) is 13.3. The van der Waals surface area contributed by atoms with Crippen LogP contribution in [0.15, 0.2) is 48.5 Å². The summed E-state index contributed by atoms with van der Waals surface area (Å²) in [5, 5.41) is 17.0. The van der Waals surface area contributed by atoms with E-state index in [1.165, 1.54) is 12.1 Å². The quantitative estimate of drug-likeness (QED) is 0.656. The van der Waals surface area contributed by atoms with E-state index in [1.807, 2.05) is 30.3 Å². The van der Waals surface area contributed by atoms with Crippen LogP contribution in [0.2, 0.25) is 0 Å². The van der Waals surface area contributed by atoms with Gasteiger partial charge in [-0.25, -0.2) is 8.60 Å². The lowest BCUT2D eigenvalue weighted by molar-refractivity contribution is -0.117. The standard InChI is InChI=1S/C17H13FN4O3S/c18-16-11(13-8-12(19-20-13)10-4-2-1-3-5-10)6-7-14(23)17(16)22-9-15(24)21-26(22)25/h1-8,23H,9H2,(H,19,20)(H,21,24). The zero-order valence-corrected chi connectivity index (χ0v) is 14.1. The molecule has 1 aliphatic heterocycles. The number of hydrogen-bond acceptors (Lipinski definition) is 4. The van der Waals surface area contributed by atoms with Gasteiger partial charge in [0.1, 0.15) is 18.0 Å². The first kappa shape index (κ1) is 16.3. The van der Waals surface area contributed by atoms with Crippen LogP contribution in [0, 0.1) is 5.82 Å². The largest absolute Gasteiger partial charge is 0.506 e. The van der Waals surface area contributed by atoms with E-state index in [-0.39, 0.29) is 17.8 Å². The van der Waals surface area contributed by atoms with Gasteiger partial charge in [0.05, 0.1) is 11.4 Å². The van der Waals surface area contributed by atoms with E-state index in [0.29, 0.717) is 11.4 Å². The molecule has 2 aromatic carbocycles. The molecule has 1 amide bonds. The first-order chi connectivity index (χ1) is 12.5. The van der Waals surface area contributed by atoms with E-state index in [9.17, 15) is 14.1 Å². The monoisotopic (exact) mass is 372 g/mol. The van der Waals surface area contributed by atoms with Crippen molar-refractivity contribution in [1.29, 1.82) is 0 Å². The van der Waals surface area contributed by atoms with Crippen LogP contribution in [-0.4, -0.2) is 32.0 Å². The number of amides is 1. The molecule has 1 atom stereocenters. The summed E-state index contributed by atoms with van der Waals surface area (Å²) in [6.07, 6.45) is 0. The van der Waals surface area contributed by atoms with Crippen LogP contribution >= 0.6 is 0 Å². The first-order valence-electron chi connectivity index (χ1n) is 7.66. The third-order valence-corrected chi connectivity index (χ3v) is 5.08. The molecule has 9 heteroatoms. The molecule has 26 heavy (non-hydrogen) atoms. The summed E-state index contributed by atoms with van der Waals surface area (Å²) in [4.78, 5) is 11.4. The molecule has 1 unspecified atom stereocenters. The van der Waals surface area contributed by atoms with E-state index >= 15 is 4.39 Å². The molecule has 3 aromatic rings. The molecule has 7 nitrogen and oxygen atoms in total. The number of rotatable bonds is 3. The Bertz CT molecular complexity index is 1020. The molecule has 3 N–H and O–H groups in total. The van der Waals surface area contributed by atoms with Crippen molar-refractivity contribution in [2.24, 2.45) is 0 Å². The van der Waals surface area contributed by atoms with Crippen molar-refractivity contribution in [1.82, 2.24) is 14.9 Å². The number of carbonyl (C=O) groups is 1. The number of halogens is 1. The number of aromatic amines is 1. The summed E-state index contributed by atoms with van der Waals surface area (Å²) in [5.41, 5.74) is 1.74. The maximum absolute atomic E-state index is 15.1. The minimum absolute atomic E-state index is 0.142. The Hall–Kier alpha value is -3.20. The van der Waals surface area contributed by atoms with Crippen LogP contribution in [0.1, 0.15) is 0 Å². The minimum Gasteiger partial charge on any atom is -0.506 e. The molecule has 4 rings (SSSR count). The fourth-order valence-corrected chi connectivity index (χ4v) is 3.70. The average Bonchev–Trinajstić information content (AvgIpc) is 3.23. The third-order valence-electron chi connectivity index (χ3n) is 3.97. The molecule has 1 saturated heterocycles. The van der Waals surface area contributed by atoms with Crippen molar-refractivity contribution in [2.75, 3.05) is 10.8 Å². The molecule has 0 radical (unpaired) electrons. The lowest BCUT2D eigenvalue weighted by Gasteiger charge is -2.17. The summed E-state index contributed by atoms with van der Waals surface area (Å²) in [6, 6.07) is 13.7. The van der Waals surface area contributed by atoms with Crippen LogP contribution < -0.4 is 9.03 Å². The van der Waals surface area contributed by atoms with E-state index in [2.05, 4.69) is 14.9 Å². The maximum atomic E-state index is 15.1. The van der Waals surface area contributed by atoms with Gasteiger partial charge in [0, 0.05) is 11.1 Å². The number of nitrogens with one attached hydrogen (secondary N) is 2. The highest BCUT2D eigenvalue weighted by atomic mass is 32.2. The second kappa shape index (κ2) is 6.26. The molecule has 0 bridgehead atoms. The first-order valence-corrected chi connectivity index (χ1v) is 8.77. The summed E-state index contributed by atoms with van der Waals surface area (Å²) < 4.78 is 30.1. The lowest BCUT2D eigenvalue weighted by atomic mass is 10.1. The van der Waals surface area contributed by atoms with Crippen molar-refractivity contribution < 1.29 is 18.5 Å². The fraction of sp³-hybridized carbons (Fsp3) is 0.0588. The van der Waals surface area contributed by atoms with Crippen LogP contribution in [0.4, 0.5) is 10.1 Å². The van der Waals surface area contributed by atoms with E-state index in [4.69, 9.17) is 0 Å². The fourth-order valence-electron chi connectivity index (χ4n) is 2.75. The second-order valence-corrected chi connectivity index (χ2v) is 6.78. The van der Waals surface area contributed by atoms with Gasteiger partial charge < -0.3 is 5.11 Å². The average molecular weight is 372 g/mol. The predicted octanol–water partition coefficient (Wildman–Crippen LogP) is 2.10. The van der Waals surface area contributed by atoms with Crippen molar-refractivity contribution in [2.45, 2.75) is 0 Å². The summed E-state index contributed by atoms with van der Waals surface area (Å²) in [6.45, 7) is -0.307. The number of phenolic OH excluding ortho intramolecular Hbond substituents is 1. The van der Waals surface area contributed by atoms with Gasteiger partial charge in [0.15, 0.2) is 5.82 Å². The third kappa shape index (κ3) is 2.72. The molecule has 1 fully saturated rings. The molecule has 1 aromatic heterocycles. The highest BCUT2D eigenvalue weighted by molar-refractivity contribution is 7.85. The summed E-state index contributed by atoms with van der Waals surface area (Å²) >= 11 is -1.94. The van der Waals surface area contributed by atoms with Crippen LogP contribution in [0.3, 0.4) is 0 Å². The van der Waals surface area contributed by atoms with Gasteiger partial charge in [-0.15, -0.1) is 0 Å². The van der Waals surface area contributed by atoms with Crippen molar-refractivity contribution in [3.63, 3.8) is 0 Å². The number of hydrogen-bond donors (Lipinski definition) is 3. The minimum atomic E-state index is -1.94. The van der Waals surface area contributed by atoms with Crippen LogP contribution in [0.25, 0.3) is 22.5 Å². The number of aromatic nitrogens is 2. The molecular formula is C17H13FN4O3S. The second-order valence-electron chi connectivity index (χ2n) is 5.64. The Labute approximate surface area is 150 Å². The van der Waals surface area contributed by atoms with Crippen LogP contribution in [0.5, 0.6) is 5.75 Å². The summed E-state index contributed by atoms with van der Waals surface area (Å²) in [7, 11) is 0. The molecular weight excluding hydrogens is 359 g/mol. The number of nitrogens with zero attached hydrogens (tertiary/aromatic N) is 2.